The molecule has 1 atom stereocenters. The van der Waals surface area contributed by atoms with Crippen LogP contribution in [-0.4, -0.2) is 41.6 Å². The van der Waals surface area contributed by atoms with Gasteiger partial charge in [-0.3, -0.25) is 4.79 Å². The highest BCUT2D eigenvalue weighted by Crippen LogP contribution is 1.99. The Hall–Kier alpha value is -0.840. The molecule has 0 aromatic carbocycles. The zero-order chi connectivity index (χ0) is 9.84. The molecule has 0 aliphatic carbocycles. The van der Waals surface area contributed by atoms with Crippen molar-refractivity contribution in [3.05, 3.63) is 0 Å². The first kappa shape index (κ1) is 10.2. The van der Waals surface area contributed by atoms with Gasteiger partial charge in [0.2, 0.25) is 5.91 Å². The zero-order valence-electron chi connectivity index (χ0n) is 7.96. The van der Waals surface area contributed by atoms with Crippen LogP contribution in [0.5, 0.6) is 0 Å². The Morgan fingerprint density at radius 1 is 1.85 bits per heavy atom. The fourth-order valence-corrected chi connectivity index (χ4v) is 1.64. The molecule has 0 radical (unpaired) electrons. The number of nitrogens with one attached hydrogen (secondary N) is 2. The molecular formula is C8H15N3OS. The van der Waals surface area contributed by atoms with Crippen LogP contribution in [0.15, 0.2) is 0 Å². The summed E-state index contributed by atoms with van der Waals surface area (Å²) in [4.78, 5) is 13.0. The van der Waals surface area contributed by atoms with Crippen LogP contribution < -0.4 is 10.6 Å². The summed E-state index contributed by atoms with van der Waals surface area (Å²) in [5.41, 5.74) is 0. The van der Waals surface area contributed by atoms with E-state index in [0.29, 0.717) is 11.7 Å². The van der Waals surface area contributed by atoms with E-state index < -0.39 is 0 Å². The molecule has 2 N–H and O–H groups in total. The predicted molar refractivity (Wildman–Crippen MR) is 55.5 cm³/mol. The van der Waals surface area contributed by atoms with Gasteiger partial charge >= 0.3 is 0 Å². The predicted octanol–water partition coefficient (Wildman–Crippen LogP) is -0.299. The summed E-state index contributed by atoms with van der Waals surface area (Å²) < 4.78 is 0. The normalized spacial score (nSPS) is 22.5. The van der Waals surface area contributed by atoms with E-state index in [2.05, 4.69) is 10.6 Å². The van der Waals surface area contributed by atoms with E-state index in [1.807, 2.05) is 18.7 Å². The molecule has 1 rings (SSSR count). The molecule has 0 spiro atoms. The van der Waals surface area contributed by atoms with Crippen molar-refractivity contribution in [2.24, 2.45) is 0 Å². The van der Waals surface area contributed by atoms with Gasteiger partial charge in [-0.15, -0.1) is 0 Å². The molecule has 1 amide bonds. The van der Waals surface area contributed by atoms with Crippen LogP contribution in [-0.2, 0) is 4.79 Å². The summed E-state index contributed by atoms with van der Waals surface area (Å²) in [6, 6.07) is 0.179. The van der Waals surface area contributed by atoms with E-state index in [-0.39, 0.29) is 11.9 Å². The van der Waals surface area contributed by atoms with Crippen LogP contribution in [0, 0.1) is 0 Å². The first-order valence-electron chi connectivity index (χ1n) is 4.45. The third-order valence-corrected chi connectivity index (χ3v) is 2.25. The van der Waals surface area contributed by atoms with Crippen LogP contribution >= 0.6 is 12.2 Å². The fourth-order valence-electron chi connectivity index (χ4n) is 1.35. The summed E-state index contributed by atoms with van der Waals surface area (Å²) >= 11 is 5.11. The van der Waals surface area contributed by atoms with Crippen LogP contribution in [0.3, 0.4) is 0 Å². The van der Waals surface area contributed by atoms with Crippen molar-refractivity contribution >= 4 is 23.2 Å². The Labute approximate surface area is 83.7 Å². The summed E-state index contributed by atoms with van der Waals surface area (Å²) in [5.74, 6) is 0.0407. The SMILES string of the molecule is CCNC(=S)N1CC(=O)NC(C)C1. The standard InChI is InChI=1S/C8H15N3OS/c1-3-9-8(13)11-4-6(2)10-7(12)5-11/h6H,3-5H2,1-2H3,(H,9,13)(H,10,12). The number of carbonyl (C=O) groups is 1. The monoisotopic (exact) mass is 201 g/mol. The highest BCUT2D eigenvalue weighted by molar-refractivity contribution is 7.80. The molecule has 1 heterocycles. The van der Waals surface area contributed by atoms with E-state index in [1.54, 1.807) is 0 Å². The van der Waals surface area contributed by atoms with E-state index in [9.17, 15) is 4.79 Å². The molecule has 1 unspecified atom stereocenters. The molecule has 5 heteroatoms. The number of nitrogens with zero attached hydrogens (tertiary/aromatic N) is 1. The summed E-state index contributed by atoms with van der Waals surface area (Å²) in [5, 5.41) is 6.54. The minimum Gasteiger partial charge on any atom is -0.363 e. The zero-order valence-corrected chi connectivity index (χ0v) is 8.78. The molecule has 1 saturated heterocycles. The summed E-state index contributed by atoms with van der Waals surface area (Å²) in [6.45, 7) is 5.91. The number of piperazine rings is 1. The van der Waals surface area contributed by atoms with Crippen LogP contribution in [0.2, 0.25) is 0 Å². The second kappa shape index (κ2) is 4.41. The van der Waals surface area contributed by atoms with Gasteiger partial charge in [-0.05, 0) is 26.1 Å². The lowest BCUT2D eigenvalue weighted by molar-refractivity contribution is -0.123. The molecule has 4 nitrogen and oxygen atoms in total. The fraction of sp³-hybridized carbons (Fsp3) is 0.750. The summed E-state index contributed by atoms with van der Waals surface area (Å²) in [6.07, 6.45) is 0. The van der Waals surface area contributed by atoms with Gasteiger partial charge in [-0.25, -0.2) is 0 Å². The van der Waals surface area contributed by atoms with Crippen LogP contribution in [0.4, 0.5) is 0 Å². The number of thiocarbonyl (C=S) groups is 1. The average molecular weight is 201 g/mol. The molecule has 0 saturated carbocycles. The quantitative estimate of drug-likeness (QED) is 0.572. The van der Waals surface area contributed by atoms with Crippen molar-refractivity contribution in [2.75, 3.05) is 19.6 Å². The molecule has 1 fully saturated rings. The first-order chi connectivity index (χ1) is 6.13. The number of carbonyl (C=O) groups excluding carboxylic acids is 1. The number of hydrogen-bond donors (Lipinski definition) is 2. The molecule has 13 heavy (non-hydrogen) atoms. The third kappa shape index (κ3) is 2.84. The van der Waals surface area contributed by atoms with Gasteiger partial charge in [0.25, 0.3) is 0 Å². The molecule has 1 aliphatic heterocycles. The first-order valence-corrected chi connectivity index (χ1v) is 4.86. The Kier molecular flexibility index (Phi) is 3.48. The maximum absolute atomic E-state index is 11.2. The van der Waals surface area contributed by atoms with Gasteiger partial charge in [0.1, 0.15) is 0 Å². The van der Waals surface area contributed by atoms with Gasteiger partial charge in [0.15, 0.2) is 5.11 Å². The molecule has 0 aromatic heterocycles. The third-order valence-electron chi connectivity index (χ3n) is 1.85. The lowest BCUT2D eigenvalue weighted by Crippen LogP contribution is -2.56. The van der Waals surface area contributed by atoms with Crippen molar-refractivity contribution in [3.8, 4) is 0 Å². The van der Waals surface area contributed by atoms with Crippen molar-refractivity contribution in [1.82, 2.24) is 15.5 Å². The Bertz CT molecular complexity index is 219. The second-order valence-corrected chi connectivity index (χ2v) is 3.57. The highest BCUT2D eigenvalue weighted by atomic mass is 32.1. The molecule has 74 valence electrons. The van der Waals surface area contributed by atoms with Crippen molar-refractivity contribution < 1.29 is 4.79 Å². The average Bonchev–Trinajstić information content (AvgIpc) is 2.03. The lowest BCUT2D eigenvalue weighted by Gasteiger charge is -2.32. The molecular weight excluding hydrogens is 186 g/mol. The smallest absolute Gasteiger partial charge is 0.239 e. The Balaban J connectivity index is 2.49. The lowest BCUT2D eigenvalue weighted by atomic mass is 10.2. The van der Waals surface area contributed by atoms with Gasteiger partial charge in [-0.1, -0.05) is 0 Å². The minimum absolute atomic E-state index is 0.0407. The molecule has 0 bridgehead atoms. The number of rotatable bonds is 1. The maximum atomic E-state index is 11.2. The topological polar surface area (TPSA) is 44.4 Å². The Morgan fingerprint density at radius 2 is 2.54 bits per heavy atom. The van der Waals surface area contributed by atoms with Crippen molar-refractivity contribution in [2.45, 2.75) is 19.9 Å². The van der Waals surface area contributed by atoms with Crippen molar-refractivity contribution in [1.29, 1.82) is 0 Å². The largest absolute Gasteiger partial charge is 0.363 e. The van der Waals surface area contributed by atoms with E-state index >= 15 is 0 Å². The van der Waals surface area contributed by atoms with Gasteiger partial charge < -0.3 is 15.5 Å². The number of amides is 1. The van der Waals surface area contributed by atoms with Crippen LogP contribution in [0.1, 0.15) is 13.8 Å². The minimum atomic E-state index is 0.0407. The van der Waals surface area contributed by atoms with E-state index in [4.69, 9.17) is 12.2 Å². The van der Waals surface area contributed by atoms with Gasteiger partial charge in [0.05, 0.1) is 6.54 Å². The van der Waals surface area contributed by atoms with Crippen molar-refractivity contribution in [3.63, 3.8) is 0 Å². The second-order valence-electron chi connectivity index (χ2n) is 3.18. The van der Waals surface area contributed by atoms with E-state index in [1.165, 1.54) is 0 Å². The molecule has 1 aliphatic rings. The highest BCUT2D eigenvalue weighted by Gasteiger charge is 2.22. The Morgan fingerprint density at radius 3 is 3.08 bits per heavy atom. The van der Waals surface area contributed by atoms with E-state index in [0.717, 1.165) is 13.1 Å². The number of hydrogen-bond acceptors (Lipinski definition) is 2. The van der Waals surface area contributed by atoms with Gasteiger partial charge in [0, 0.05) is 19.1 Å². The van der Waals surface area contributed by atoms with Crippen LogP contribution in [0.25, 0.3) is 0 Å². The summed E-state index contributed by atoms with van der Waals surface area (Å²) in [7, 11) is 0. The maximum Gasteiger partial charge on any atom is 0.239 e. The molecule has 0 aromatic rings. The van der Waals surface area contributed by atoms with Gasteiger partial charge in [-0.2, -0.15) is 0 Å².